The van der Waals surface area contributed by atoms with E-state index in [2.05, 4.69) is 82.7 Å². The minimum absolute atomic E-state index is 0.140. The molecule has 0 fully saturated rings. The van der Waals surface area contributed by atoms with Gasteiger partial charge in [-0.05, 0) is 74.8 Å². The molecule has 0 aliphatic rings. The third kappa shape index (κ3) is 2.83. The lowest BCUT2D eigenvalue weighted by Crippen LogP contribution is -2.25. The molecule has 5 heteroatoms. The molecule has 0 bridgehead atoms. The maximum absolute atomic E-state index is 14.2. The second-order valence-electron chi connectivity index (χ2n) is 9.36. The molecule has 8 aromatic rings. The van der Waals surface area contributed by atoms with Crippen molar-refractivity contribution in [2.24, 2.45) is 0 Å². The molecule has 0 N–H and O–H groups in total. The van der Waals surface area contributed by atoms with Crippen molar-refractivity contribution in [3.63, 3.8) is 0 Å². The Balaban J connectivity index is 1.57. The number of rotatable bonds is 1. The molecule has 0 amide bonds. The van der Waals surface area contributed by atoms with E-state index in [1.165, 1.54) is 26.9 Å². The Labute approximate surface area is 219 Å². The number of imidazole rings is 1. The smallest absolute Gasteiger partial charge is 0.261 e. The Morgan fingerprint density at radius 3 is 1.89 bits per heavy atom. The van der Waals surface area contributed by atoms with E-state index in [9.17, 15) is 4.79 Å². The highest BCUT2D eigenvalue weighted by Gasteiger charge is 2.18. The first-order chi connectivity index (χ1) is 18.2. The lowest BCUT2D eigenvalue weighted by atomic mass is 9.94. The summed E-state index contributed by atoms with van der Waals surface area (Å²) < 4.78 is 4.45. The Morgan fingerprint density at radius 1 is 0.568 bits per heavy atom. The van der Waals surface area contributed by atoms with Crippen molar-refractivity contribution < 1.29 is 0 Å². The van der Waals surface area contributed by atoms with Crippen LogP contribution in [0.25, 0.3) is 65.6 Å². The first-order valence-electron chi connectivity index (χ1n) is 12.1. The highest BCUT2D eigenvalue weighted by atomic mass is 79.9. The highest BCUT2D eigenvalue weighted by molar-refractivity contribution is 9.10. The summed E-state index contributed by atoms with van der Waals surface area (Å²) in [5, 5.41) is 8.03. The molecule has 37 heavy (non-hydrogen) atoms. The Bertz CT molecular complexity index is 2260. The molecule has 2 heterocycles. The van der Waals surface area contributed by atoms with Crippen LogP contribution < -0.4 is 5.69 Å². The Morgan fingerprint density at radius 2 is 1.16 bits per heavy atom. The molecule has 6 aromatic carbocycles. The van der Waals surface area contributed by atoms with Crippen LogP contribution >= 0.6 is 15.9 Å². The standard InChI is InChI=1S/C32H18BrN3O/c33-19-13-15-26-30(17-19)35(32(37)36-29-12-6-5-11-28(29)34-31(26)36)20-14-16-25-23-9-2-1-7-21(23)22-8-3-4-10-24(22)27(25)18-20/h1-18H. The van der Waals surface area contributed by atoms with Crippen molar-refractivity contribution in [1.29, 1.82) is 0 Å². The van der Waals surface area contributed by atoms with Gasteiger partial charge in [0.25, 0.3) is 0 Å². The Kier molecular flexibility index (Phi) is 4.20. The highest BCUT2D eigenvalue weighted by Crippen LogP contribution is 2.36. The molecule has 2 aromatic heterocycles. The fraction of sp³-hybridized carbons (Fsp3) is 0. The van der Waals surface area contributed by atoms with Crippen molar-refractivity contribution in [2.45, 2.75) is 0 Å². The monoisotopic (exact) mass is 539 g/mol. The SMILES string of the molecule is O=c1n(-c2ccc3c4ccccc4c4ccccc4c3c2)c2cc(Br)ccc2c2nc3ccccc3n12. The van der Waals surface area contributed by atoms with Crippen molar-refractivity contribution in [3.05, 3.63) is 124 Å². The lowest BCUT2D eigenvalue weighted by Gasteiger charge is -2.15. The molecule has 174 valence electrons. The van der Waals surface area contributed by atoms with Crippen LogP contribution in [-0.4, -0.2) is 14.0 Å². The summed E-state index contributed by atoms with van der Waals surface area (Å²) in [6.07, 6.45) is 0. The van der Waals surface area contributed by atoms with E-state index < -0.39 is 0 Å². The summed E-state index contributed by atoms with van der Waals surface area (Å²) in [5.74, 6) is 0. The van der Waals surface area contributed by atoms with Crippen molar-refractivity contribution in [2.75, 3.05) is 0 Å². The first kappa shape index (κ1) is 20.7. The maximum Gasteiger partial charge on any atom is 0.339 e. The quantitative estimate of drug-likeness (QED) is 0.198. The van der Waals surface area contributed by atoms with Gasteiger partial charge in [-0.2, -0.15) is 0 Å². The van der Waals surface area contributed by atoms with Crippen molar-refractivity contribution >= 4 is 75.8 Å². The molecular formula is C32H18BrN3O. The van der Waals surface area contributed by atoms with Crippen LogP contribution in [0.15, 0.2) is 118 Å². The average molecular weight is 540 g/mol. The zero-order valence-corrected chi connectivity index (χ0v) is 21.1. The van der Waals surface area contributed by atoms with E-state index in [1.54, 1.807) is 4.40 Å². The van der Waals surface area contributed by atoms with Crippen LogP contribution in [0.5, 0.6) is 0 Å². The average Bonchev–Trinajstić information content (AvgIpc) is 3.33. The van der Waals surface area contributed by atoms with Crippen LogP contribution in [0.1, 0.15) is 0 Å². The molecule has 0 atom stereocenters. The number of halogens is 1. The van der Waals surface area contributed by atoms with Gasteiger partial charge in [0.2, 0.25) is 0 Å². The van der Waals surface area contributed by atoms with Gasteiger partial charge in [0, 0.05) is 9.86 Å². The number of hydrogen-bond acceptors (Lipinski definition) is 2. The number of aromatic nitrogens is 3. The molecule has 0 aliphatic heterocycles. The third-order valence-electron chi connectivity index (χ3n) is 7.37. The predicted octanol–water partition coefficient (Wildman–Crippen LogP) is 8.01. The van der Waals surface area contributed by atoms with Gasteiger partial charge in [0.15, 0.2) is 5.65 Å². The fourth-order valence-corrected chi connectivity index (χ4v) is 6.12. The number of para-hydroxylation sites is 2. The van der Waals surface area contributed by atoms with Gasteiger partial charge in [0.1, 0.15) is 0 Å². The second-order valence-corrected chi connectivity index (χ2v) is 10.3. The van der Waals surface area contributed by atoms with E-state index in [0.717, 1.165) is 37.5 Å². The van der Waals surface area contributed by atoms with E-state index in [4.69, 9.17) is 4.98 Å². The summed E-state index contributed by atoms with van der Waals surface area (Å²) in [6, 6.07) is 37.2. The van der Waals surface area contributed by atoms with Gasteiger partial charge < -0.3 is 0 Å². The zero-order valence-electron chi connectivity index (χ0n) is 19.5. The van der Waals surface area contributed by atoms with Gasteiger partial charge >= 0.3 is 5.69 Å². The predicted molar refractivity (Wildman–Crippen MR) is 156 cm³/mol. The van der Waals surface area contributed by atoms with Crippen molar-refractivity contribution in [3.8, 4) is 5.69 Å². The number of fused-ring (bicyclic) bond motifs is 11. The maximum atomic E-state index is 14.2. The van der Waals surface area contributed by atoms with Gasteiger partial charge in [-0.3, -0.25) is 4.57 Å². The van der Waals surface area contributed by atoms with Crippen LogP contribution in [-0.2, 0) is 0 Å². The van der Waals surface area contributed by atoms with Crippen molar-refractivity contribution in [1.82, 2.24) is 14.0 Å². The topological polar surface area (TPSA) is 39.3 Å². The van der Waals surface area contributed by atoms with Crippen LogP contribution in [0.4, 0.5) is 0 Å². The minimum Gasteiger partial charge on any atom is -0.261 e. The Hall–Kier alpha value is -4.48. The normalized spacial score (nSPS) is 12.0. The van der Waals surface area contributed by atoms with E-state index in [0.29, 0.717) is 5.65 Å². The summed E-state index contributed by atoms with van der Waals surface area (Å²) in [7, 11) is 0. The fourth-order valence-electron chi connectivity index (χ4n) is 5.77. The summed E-state index contributed by atoms with van der Waals surface area (Å²) >= 11 is 3.62. The minimum atomic E-state index is -0.140. The largest absolute Gasteiger partial charge is 0.339 e. The summed E-state index contributed by atoms with van der Waals surface area (Å²) in [5.41, 5.74) is 3.77. The van der Waals surface area contributed by atoms with Gasteiger partial charge in [-0.15, -0.1) is 0 Å². The molecule has 0 radical (unpaired) electrons. The number of hydrogen-bond donors (Lipinski definition) is 0. The first-order valence-corrected chi connectivity index (χ1v) is 12.9. The summed E-state index contributed by atoms with van der Waals surface area (Å²) in [6.45, 7) is 0. The molecule has 0 unspecified atom stereocenters. The van der Waals surface area contributed by atoms with Gasteiger partial charge in [-0.25, -0.2) is 14.2 Å². The van der Waals surface area contributed by atoms with Crippen LogP contribution in [0, 0.1) is 0 Å². The number of benzene rings is 6. The molecule has 0 saturated heterocycles. The zero-order chi connectivity index (χ0) is 24.7. The van der Waals surface area contributed by atoms with Crippen LogP contribution in [0.2, 0.25) is 0 Å². The molecule has 8 rings (SSSR count). The molecule has 0 aliphatic carbocycles. The van der Waals surface area contributed by atoms with E-state index in [1.807, 2.05) is 47.0 Å². The van der Waals surface area contributed by atoms with E-state index >= 15 is 0 Å². The third-order valence-corrected chi connectivity index (χ3v) is 7.86. The summed E-state index contributed by atoms with van der Waals surface area (Å²) in [4.78, 5) is 19.0. The molecule has 0 spiro atoms. The molecule has 0 saturated carbocycles. The molecule has 4 nitrogen and oxygen atoms in total. The van der Waals surface area contributed by atoms with Crippen LogP contribution in [0.3, 0.4) is 0 Å². The van der Waals surface area contributed by atoms with Gasteiger partial charge in [-0.1, -0.05) is 82.7 Å². The number of nitrogens with zero attached hydrogens (tertiary/aromatic N) is 3. The second kappa shape index (κ2) is 7.51. The van der Waals surface area contributed by atoms with Gasteiger partial charge in [0.05, 0.1) is 22.2 Å². The molecular weight excluding hydrogens is 522 g/mol. The van der Waals surface area contributed by atoms with E-state index in [-0.39, 0.29) is 5.69 Å². The lowest BCUT2D eigenvalue weighted by molar-refractivity contribution is 0.933.